The molecule has 0 saturated heterocycles. The quantitative estimate of drug-likeness (QED) is 0.365. The molecular weight excluding hydrogens is 460 g/mol. The topological polar surface area (TPSA) is 124 Å². The summed E-state index contributed by atoms with van der Waals surface area (Å²) in [4.78, 5) is 42.3. The van der Waals surface area contributed by atoms with Gasteiger partial charge in [-0.3, -0.25) is 14.3 Å². The van der Waals surface area contributed by atoms with Gasteiger partial charge in [-0.1, -0.05) is 30.3 Å². The first-order valence-corrected chi connectivity index (χ1v) is 11.9. The lowest BCUT2D eigenvalue weighted by Gasteiger charge is -2.26. The van der Waals surface area contributed by atoms with Gasteiger partial charge in [0, 0.05) is 31.7 Å². The van der Waals surface area contributed by atoms with Crippen LogP contribution in [0.3, 0.4) is 0 Å². The van der Waals surface area contributed by atoms with E-state index in [4.69, 9.17) is 14.9 Å². The zero-order valence-electron chi connectivity index (χ0n) is 20.1. The lowest BCUT2D eigenvalue weighted by Crippen LogP contribution is -2.39. The van der Waals surface area contributed by atoms with E-state index in [9.17, 15) is 14.4 Å². The lowest BCUT2D eigenvalue weighted by molar-refractivity contribution is 0.205. The molecule has 2 aromatic heterocycles. The molecule has 0 amide bonds. The number of ether oxygens (including phenoxy) is 1. The summed E-state index contributed by atoms with van der Waals surface area (Å²) in [5.41, 5.74) is 9.53. The number of hydrogen-bond donors (Lipinski definition) is 2. The molecular formula is C27H28N4O5. The fourth-order valence-corrected chi connectivity index (χ4v) is 4.91. The first kappa shape index (κ1) is 23.6. The minimum absolute atomic E-state index is 0.0527. The Morgan fingerprint density at radius 1 is 1.08 bits per heavy atom. The average Bonchev–Trinajstić information content (AvgIpc) is 3.31. The van der Waals surface area contributed by atoms with Crippen LogP contribution in [0.2, 0.25) is 0 Å². The van der Waals surface area contributed by atoms with Gasteiger partial charge in [0.1, 0.15) is 17.1 Å². The van der Waals surface area contributed by atoms with E-state index in [1.165, 1.54) is 21.8 Å². The van der Waals surface area contributed by atoms with Gasteiger partial charge in [0.2, 0.25) is 0 Å². The van der Waals surface area contributed by atoms with Gasteiger partial charge in [-0.05, 0) is 53.6 Å². The summed E-state index contributed by atoms with van der Waals surface area (Å²) >= 11 is 0. The third-order valence-corrected chi connectivity index (χ3v) is 6.68. The van der Waals surface area contributed by atoms with Crippen LogP contribution in [0.25, 0.3) is 11.0 Å². The van der Waals surface area contributed by atoms with Crippen LogP contribution in [0.15, 0.2) is 67.3 Å². The van der Waals surface area contributed by atoms with E-state index >= 15 is 0 Å². The Hall–Kier alpha value is -4.11. The van der Waals surface area contributed by atoms with E-state index in [0.717, 1.165) is 30.2 Å². The third-order valence-electron chi connectivity index (χ3n) is 6.68. The Morgan fingerprint density at radius 2 is 1.83 bits per heavy atom. The van der Waals surface area contributed by atoms with Gasteiger partial charge in [0.05, 0.1) is 13.2 Å². The predicted molar refractivity (Wildman–Crippen MR) is 139 cm³/mol. The van der Waals surface area contributed by atoms with Gasteiger partial charge in [0.15, 0.2) is 0 Å². The molecule has 0 radical (unpaired) electrons. The number of hydrogen-bond acceptors (Lipinski definition) is 7. The number of benzene rings is 2. The molecule has 9 nitrogen and oxygen atoms in total. The van der Waals surface area contributed by atoms with Crippen LogP contribution < -0.4 is 27.5 Å². The number of rotatable bonds is 8. The van der Waals surface area contributed by atoms with Crippen LogP contribution in [0.5, 0.6) is 0 Å². The number of nitrogens with zero attached hydrogens (tertiary/aromatic N) is 2. The summed E-state index contributed by atoms with van der Waals surface area (Å²) in [7, 11) is 1.57. The highest BCUT2D eigenvalue weighted by molar-refractivity contribution is 5.83. The summed E-state index contributed by atoms with van der Waals surface area (Å²) in [6.07, 6.45) is 3.02. The Morgan fingerprint density at radius 3 is 2.58 bits per heavy atom. The van der Waals surface area contributed by atoms with Crippen molar-refractivity contribution in [3.63, 3.8) is 0 Å². The Labute approximate surface area is 206 Å². The number of aromatic nitrogens is 2. The molecule has 3 N–H and O–H groups in total. The van der Waals surface area contributed by atoms with E-state index < -0.39 is 16.9 Å². The third kappa shape index (κ3) is 4.57. The standard InChI is InChI=1S/C27H28N4O5/c1-35-11-10-30(16-20-14-23(32)36-22-13-19-9-5-8-18(19)12-21(20)22)24-25(28)31(27(34)29-26(24)33)15-17-6-3-2-4-7-17/h2-4,6-7,12-14H,5,8-11,15-16,28H2,1H3,(H,29,33,34). The first-order chi connectivity index (χ1) is 17.4. The van der Waals surface area contributed by atoms with E-state index in [2.05, 4.69) is 11.1 Å². The zero-order chi connectivity index (χ0) is 25.2. The molecule has 0 fully saturated rings. The van der Waals surface area contributed by atoms with Crippen LogP contribution in [0.4, 0.5) is 11.5 Å². The number of H-pyrrole nitrogens is 1. The molecule has 0 spiro atoms. The van der Waals surface area contributed by atoms with Gasteiger partial charge < -0.3 is 19.8 Å². The highest BCUT2D eigenvalue weighted by Crippen LogP contribution is 2.30. The van der Waals surface area contributed by atoms with Crippen molar-refractivity contribution in [1.82, 2.24) is 9.55 Å². The molecule has 1 aliphatic rings. The molecule has 186 valence electrons. The van der Waals surface area contributed by atoms with Crippen molar-refractivity contribution >= 4 is 22.5 Å². The predicted octanol–water partition coefficient (Wildman–Crippen LogP) is 2.42. The Bertz CT molecular complexity index is 1590. The van der Waals surface area contributed by atoms with Crippen molar-refractivity contribution < 1.29 is 9.15 Å². The van der Waals surface area contributed by atoms with Crippen LogP contribution in [-0.2, 0) is 30.7 Å². The van der Waals surface area contributed by atoms with Gasteiger partial charge in [-0.25, -0.2) is 9.59 Å². The second-order valence-corrected chi connectivity index (χ2v) is 9.04. The molecule has 2 aromatic carbocycles. The molecule has 36 heavy (non-hydrogen) atoms. The van der Waals surface area contributed by atoms with E-state index in [1.54, 1.807) is 12.0 Å². The SMILES string of the molecule is COCCN(Cc1cc(=O)oc2cc3c(cc12)CCC3)c1c(N)n(Cc2ccccc2)c(=O)[nH]c1=O. The van der Waals surface area contributed by atoms with Crippen molar-refractivity contribution in [3.8, 4) is 0 Å². The Kier molecular flexibility index (Phi) is 6.47. The van der Waals surface area contributed by atoms with Crippen LogP contribution in [0, 0.1) is 0 Å². The van der Waals surface area contributed by atoms with Crippen molar-refractivity contribution in [1.29, 1.82) is 0 Å². The zero-order valence-corrected chi connectivity index (χ0v) is 20.1. The van der Waals surface area contributed by atoms with Gasteiger partial charge in [-0.2, -0.15) is 0 Å². The van der Waals surface area contributed by atoms with Crippen molar-refractivity contribution in [2.24, 2.45) is 0 Å². The van der Waals surface area contributed by atoms with Gasteiger partial charge in [-0.15, -0.1) is 0 Å². The summed E-state index contributed by atoms with van der Waals surface area (Å²) < 4.78 is 12.1. The van der Waals surface area contributed by atoms with Gasteiger partial charge in [0.25, 0.3) is 5.56 Å². The number of anilines is 2. The Balaban J connectivity index is 1.60. The number of nitrogens with two attached hydrogens (primary N) is 1. The van der Waals surface area contributed by atoms with E-state index in [0.29, 0.717) is 24.3 Å². The second-order valence-electron chi connectivity index (χ2n) is 9.04. The smallest absolute Gasteiger partial charge is 0.336 e. The number of fused-ring (bicyclic) bond motifs is 2. The number of aromatic amines is 1. The van der Waals surface area contributed by atoms with E-state index in [-0.39, 0.29) is 24.6 Å². The molecule has 5 rings (SSSR count). The molecule has 2 heterocycles. The molecule has 0 unspecified atom stereocenters. The molecule has 4 aromatic rings. The molecule has 0 bridgehead atoms. The van der Waals surface area contributed by atoms with E-state index in [1.807, 2.05) is 36.4 Å². The summed E-state index contributed by atoms with van der Waals surface area (Å²) in [5.74, 6) is 0.0527. The minimum atomic E-state index is -0.592. The number of methoxy groups -OCH3 is 1. The number of aryl methyl sites for hydroxylation is 2. The molecule has 0 saturated carbocycles. The van der Waals surface area contributed by atoms with Crippen molar-refractivity contribution in [2.45, 2.75) is 32.4 Å². The lowest BCUT2D eigenvalue weighted by atomic mass is 10.0. The molecule has 0 atom stereocenters. The minimum Gasteiger partial charge on any atom is -0.423 e. The molecule has 1 aliphatic carbocycles. The van der Waals surface area contributed by atoms with Crippen molar-refractivity contribution in [2.75, 3.05) is 30.9 Å². The molecule has 0 aliphatic heterocycles. The van der Waals surface area contributed by atoms with Crippen molar-refractivity contribution in [3.05, 3.63) is 102 Å². The van der Waals surface area contributed by atoms with Crippen LogP contribution in [0.1, 0.15) is 28.7 Å². The second kappa shape index (κ2) is 9.87. The normalized spacial score (nSPS) is 12.7. The summed E-state index contributed by atoms with van der Waals surface area (Å²) in [6, 6.07) is 14.9. The average molecular weight is 489 g/mol. The maximum absolute atomic E-state index is 13.0. The highest BCUT2D eigenvalue weighted by Gasteiger charge is 2.22. The monoisotopic (exact) mass is 488 g/mol. The number of nitrogens with one attached hydrogen (secondary N) is 1. The molecule has 9 heteroatoms. The highest BCUT2D eigenvalue weighted by atomic mass is 16.5. The maximum atomic E-state index is 13.0. The fourth-order valence-electron chi connectivity index (χ4n) is 4.91. The van der Waals surface area contributed by atoms with Crippen LogP contribution >= 0.6 is 0 Å². The number of nitrogen functional groups attached to an aromatic ring is 1. The van der Waals surface area contributed by atoms with Gasteiger partial charge >= 0.3 is 11.3 Å². The maximum Gasteiger partial charge on any atom is 0.336 e. The summed E-state index contributed by atoms with van der Waals surface area (Å²) in [5, 5.41) is 0.824. The van der Waals surface area contributed by atoms with Crippen LogP contribution in [-0.4, -0.2) is 29.8 Å². The fraction of sp³-hybridized carbons (Fsp3) is 0.296. The summed E-state index contributed by atoms with van der Waals surface area (Å²) in [6.45, 7) is 1.05. The largest absolute Gasteiger partial charge is 0.423 e. The first-order valence-electron chi connectivity index (χ1n) is 11.9.